The third-order valence-electron chi connectivity index (χ3n) is 11.2. The molecule has 2 aliphatic heterocycles. The minimum atomic E-state index is -2.95. The van der Waals surface area contributed by atoms with Crippen molar-refractivity contribution in [1.82, 2.24) is 19.5 Å². The SMILES string of the molecule is CC[Si](CC)(CC)O[C@@H]1[C@@H]2O[Si](C(C)C)(C(C)C)O[Si](C(C)C)(C(C)C)OC[C@H]2O[C@H]1n1cnc2c(N)nc(OCCc3ccc(Cl)cc3)nc21. The minimum absolute atomic E-state index is 0.170. The lowest BCUT2D eigenvalue weighted by atomic mass is 10.1. The van der Waals surface area contributed by atoms with Crippen LogP contribution in [0.25, 0.3) is 11.2 Å². The Morgan fingerprint density at radius 2 is 1.53 bits per heavy atom. The minimum Gasteiger partial charge on any atom is -0.463 e. The lowest BCUT2D eigenvalue weighted by Gasteiger charge is -2.51. The number of hydrogen-bond acceptors (Lipinski definition) is 10. The maximum absolute atomic E-state index is 7.58. The number of benzene rings is 1. The molecule has 15 heteroatoms. The zero-order chi connectivity index (χ0) is 37.3. The fraction of sp³-hybridized carbons (Fsp3) is 0.694. The molecule has 3 aromatic rings. The van der Waals surface area contributed by atoms with Gasteiger partial charge in [-0.25, -0.2) is 4.98 Å². The molecule has 0 saturated carbocycles. The molecule has 1 aromatic carbocycles. The molecule has 11 nitrogen and oxygen atoms in total. The number of aromatic nitrogens is 4. The van der Waals surface area contributed by atoms with Gasteiger partial charge in [0.05, 0.1) is 19.5 Å². The Labute approximate surface area is 312 Å². The first kappa shape index (κ1) is 40.3. The molecule has 0 amide bonds. The fourth-order valence-corrected chi connectivity index (χ4v) is 22.0. The van der Waals surface area contributed by atoms with Crippen molar-refractivity contribution in [3.05, 3.63) is 41.2 Å². The number of nitrogens with two attached hydrogens (primary N) is 1. The maximum atomic E-state index is 7.58. The van der Waals surface area contributed by atoms with Crippen LogP contribution in [0.2, 0.25) is 45.3 Å². The highest BCUT2D eigenvalue weighted by Gasteiger charge is 2.62. The van der Waals surface area contributed by atoms with Crippen molar-refractivity contribution in [1.29, 1.82) is 0 Å². The Morgan fingerprint density at radius 1 is 0.922 bits per heavy atom. The first-order chi connectivity index (χ1) is 24.2. The van der Waals surface area contributed by atoms with Crippen molar-refractivity contribution in [2.75, 3.05) is 18.9 Å². The Balaban J connectivity index is 1.58. The molecule has 2 aromatic heterocycles. The van der Waals surface area contributed by atoms with E-state index in [1.165, 1.54) is 0 Å². The second kappa shape index (κ2) is 16.2. The van der Waals surface area contributed by atoms with E-state index in [0.29, 0.717) is 35.8 Å². The molecule has 284 valence electrons. The zero-order valence-corrected chi connectivity index (χ0v) is 36.2. The van der Waals surface area contributed by atoms with Gasteiger partial charge in [-0.2, -0.15) is 9.97 Å². The molecule has 2 fully saturated rings. The van der Waals surface area contributed by atoms with Gasteiger partial charge >= 0.3 is 23.1 Å². The van der Waals surface area contributed by atoms with E-state index < -0.39 is 43.9 Å². The third kappa shape index (κ3) is 7.86. The van der Waals surface area contributed by atoms with Crippen LogP contribution in [0.1, 0.15) is 88.0 Å². The number of rotatable bonds is 14. The van der Waals surface area contributed by atoms with Gasteiger partial charge in [0.15, 0.2) is 31.5 Å². The summed E-state index contributed by atoms with van der Waals surface area (Å²) >= 11 is 6.07. The molecule has 0 unspecified atom stereocenters. The average molecular weight is 779 g/mol. The Bertz CT molecular complexity index is 1580. The number of halogens is 1. The van der Waals surface area contributed by atoms with Gasteiger partial charge in [-0.3, -0.25) is 4.57 Å². The van der Waals surface area contributed by atoms with E-state index in [4.69, 9.17) is 49.2 Å². The molecule has 2 N–H and O–H groups in total. The number of imidazole rings is 1. The normalized spacial score (nSPS) is 23.7. The van der Waals surface area contributed by atoms with Gasteiger partial charge in [-0.05, 0) is 58.0 Å². The zero-order valence-electron chi connectivity index (χ0n) is 32.4. The predicted molar refractivity (Wildman–Crippen MR) is 210 cm³/mol. The van der Waals surface area contributed by atoms with Crippen LogP contribution >= 0.6 is 11.6 Å². The molecule has 0 bridgehead atoms. The summed E-state index contributed by atoms with van der Waals surface area (Å²) in [6, 6.07) is 10.8. The number of fused-ring (bicyclic) bond motifs is 2. The monoisotopic (exact) mass is 777 g/mol. The van der Waals surface area contributed by atoms with Crippen molar-refractivity contribution in [3.63, 3.8) is 0 Å². The molecular formula is C36H60ClN5O6Si3. The summed E-state index contributed by atoms with van der Waals surface area (Å²) in [5.74, 6) is 0.241. The second-order valence-corrected chi connectivity index (χ2v) is 29.4. The third-order valence-corrected chi connectivity index (χ3v) is 26.3. The molecule has 5 rings (SSSR count). The van der Waals surface area contributed by atoms with Crippen molar-refractivity contribution < 1.29 is 26.9 Å². The van der Waals surface area contributed by atoms with E-state index in [9.17, 15) is 0 Å². The van der Waals surface area contributed by atoms with Crippen LogP contribution in [0, 0.1) is 0 Å². The fourth-order valence-electron chi connectivity index (χ4n) is 7.84. The van der Waals surface area contributed by atoms with E-state index in [-0.39, 0.29) is 40.1 Å². The Hall–Kier alpha value is -1.89. The van der Waals surface area contributed by atoms with Crippen molar-refractivity contribution in [2.45, 2.75) is 147 Å². The van der Waals surface area contributed by atoms with E-state index in [2.05, 4.69) is 86.1 Å². The summed E-state index contributed by atoms with van der Waals surface area (Å²) in [7, 11) is -7.92. The standard InChI is InChI=1S/C36H60ClN5O6Si3/c1-12-49(13-2,14-3)46-32-31-29(21-44-50(23(4)5,24(6)7)48-51(47-31,25(8)9)26(10)11)45-35(32)42-22-39-30-33(38)40-36(41-34(30)42)43-20-19-27-15-17-28(37)18-16-27/h15-18,22-26,29,31-32,35H,12-14,19-21H2,1-11H3,(H2,38,40,41)/t29-,31-,32-,35-/m1/s1. The number of nitrogen functional groups attached to an aromatic ring is 1. The summed E-state index contributed by atoms with van der Waals surface area (Å²) in [4.78, 5) is 14.0. The first-order valence-electron chi connectivity index (χ1n) is 18.9. The molecule has 0 aliphatic carbocycles. The van der Waals surface area contributed by atoms with Crippen LogP contribution in [0.4, 0.5) is 5.82 Å². The molecule has 2 aliphatic rings. The molecule has 4 atom stereocenters. The van der Waals surface area contributed by atoms with Crippen LogP contribution in [0.3, 0.4) is 0 Å². The summed E-state index contributed by atoms with van der Waals surface area (Å²) in [5.41, 5.74) is 9.37. The predicted octanol–water partition coefficient (Wildman–Crippen LogP) is 8.93. The highest BCUT2D eigenvalue weighted by atomic mass is 35.5. The van der Waals surface area contributed by atoms with Crippen molar-refractivity contribution >= 4 is 54.0 Å². The quantitative estimate of drug-likeness (QED) is 0.159. The van der Waals surface area contributed by atoms with E-state index >= 15 is 0 Å². The van der Waals surface area contributed by atoms with Gasteiger partial charge in [0.2, 0.25) is 0 Å². The van der Waals surface area contributed by atoms with E-state index in [1.807, 2.05) is 28.8 Å². The highest BCUT2D eigenvalue weighted by Crippen LogP contribution is 2.50. The highest BCUT2D eigenvalue weighted by molar-refractivity contribution is 6.84. The van der Waals surface area contributed by atoms with Crippen molar-refractivity contribution in [3.8, 4) is 6.01 Å². The topological polar surface area (TPSA) is 125 Å². The number of anilines is 1. The lowest BCUT2D eigenvalue weighted by molar-refractivity contribution is -0.0565. The van der Waals surface area contributed by atoms with Crippen LogP contribution in [0.15, 0.2) is 30.6 Å². The van der Waals surface area contributed by atoms with Gasteiger partial charge in [0, 0.05) is 11.4 Å². The van der Waals surface area contributed by atoms with Crippen LogP contribution in [-0.2, 0) is 28.6 Å². The summed E-state index contributed by atoms with van der Waals surface area (Å²) in [6.07, 6.45) is 0.541. The van der Waals surface area contributed by atoms with Gasteiger partial charge in [0.25, 0.3) is 0 Å². The Morgan fingerprint density at radius 3 is 2.10 bits per heavy atom. The number of nitrogens with zero attached hydrogens (tertiary/aromatic N) is 4. The molecule has 0 spiro atoms. The molecule has 51 heavy (non-hydrogen) atoms. The van der Waals surface area contributed by atoms with E-state index in [0.717, 1.165) is 23.7 Å². The Kier molecular flexibility index (Phi) is 12.8. The van der Waals surface area contributed by atoms with Gasteiger partial charge in [-0.15, -0.1) is 0 Å². The molecule has 0 radical (unpaired) electrons. The van der Waals surface area contributed by atoms with Crippen LogP contribution in [-0.4, -0.2) is 76.5 Å². The molecular weight excluding hydrogens is 718 g/mol. The number of ether oxygens (including phenoxy) is 2. The number of hydrogen-bond donors (Lipinski definition) is 1. The first-order valence-corrected chi connectivity index (χ1v) is 25.7. The largest absolute Gasteiger partial charge is 0.463 e. The smallest absolute Gasteiger partial charge is 0.335 e. The van der Waals surface area contributed by atoms with Crippen molar-refractivity contribution in [2.24, 2.45) is 0 Å². The second-order valence-electron chi connectivity index (χ2n) is 15.4. The molecule has 4 heterocycles. The molecule has 2 saturated heterocycles. The summed E-state index contributed by atoms with van der Waals surface area (Å²) < 4.78 is 44.7. The van der Waals surface area contributed by atoms with Gasteiger partial charge in [0.1, 0.15) is 18.3 Å². The summed E-state index contributed by atoms with van der Waals surface area (Å²) in [5, 5.41) is 0.695. The average Bonchev–Trinajstić information content (AvgIpc) is 3.64. The van der Waals surface area contributed by atoms with Crippen LogP contribution in [0.5, 0.6) is 6.01 Å². The van der Waals surface area contributed by atoms with Gasteiger partial charge < -0.3 is 32.6 Å². The maximum Gasteiger partial charge on any atom is 0.335 e. The van der Waals surface area contributed by atoms with E-state index in [1.54, 1.807) is 6.33 Å². The lowest BCUT2D eigenvalue weighted by Crippen LogP contribution is -2.66. The van der Waals surface area contributed by atoms with Gasteiger partial charge in [-0.1, -0.05) is 99.9 Å². The summed E-state index contributed by atoms with van der Waals surface area (Å²) in [6.45, 7) is 25.4. The van der Waals surface area contributed by atoms with Crippen LogP contribution < -0.4 is 10.5 Å².